The van der Waals surface area contributed by atoms with Crippen molar-refractivity contribution in [1.82, 2.24) is 15.3 Å². The summed E-state index contributed by atoms with van der Waals surface area (Å²) in [5.41, 5.74) is 0.0670. The Morgan fingerprint density at radius 3 is 2.69 bits per heavy atom. The fraction of sp³-hybridized carbons (Fsp3) is 0.556. The zero-order valence-corrected chi connectivity index (χ0v) is 8.33. The molecule has 0 aromatic carbocycles. The Bertz CT molecular complexity index is 245. The quantitative estimate of drug-likeness (QED) is 0.722. The smallest absolute Gasteiger partial charge is 0.144 e. The Morgan fingerprint density at radius 2 is 2.15 bits per heavy atom. The second-order valence-electron chi connectivity index (χ2n) is 3.58. The molecular formula is C9H16N4. The van der Waals surface area contributed by atoms with Crippen LogP contribution in [-0.4, -0.2) is 29.1 Å². The molecule has 1 aromatic heterocycles. The van der Waals surface area contributed by atoms with Gasteiger partial charge in [-0.05, 0) is 20.9 Å². The van der Waals surface area contributed by atoms with Crippen LogP contribution in [0.4, 0.5) is 5.82 Å². The minimum atomic E-state index is 0.0670. The average molecular weight is 180 g/mol. The number of anilines is 1. The number of likely N-dealkylation sites (N-methyl/N-ethyl adjacent to an activating group) is 1. The molecule has 4 nitrogen and oxygen atoms in total. The molecule has 1 rings (SSSR count). The molecule has 0 amide bonds. The largest absolute Gasteiger partial charge is 0.367 e. The van der Waals surface area contributed by atoms with Gasteiger partial charge >= 0.3 is 0 Å². The second-order valence-corrected chi connectivity index (χ2v) is 3.58. The SMILES string of the molecule is CNC(C)(C)CNc1cnccn1. The summed E-state index contributed by atoms with van der Waals surface area (Å²) in [5, 5.41) is 6.40. The predicted octanol–water partition coefficient (Wildman–Crippen LogP) is 0.886. The van der Waals surface area contributed by atoms with Crippen LogP contribution in [0.2, 0.25) is 0 Å². The van der Waals surface area contributed by atoms with Gasteiger partial charge in [-0.2, -0.15) is 0 Å². The molecule has 0 fully saturated rings. The summed E-state index contributed by atoms with van der Waals surface area (Å²) in [6, 6.07) is 0. The highest BCUT2D eigenvalue weighted by Crippen LogP contribution is 2.03. The summed E-state index contributed by atoms with van der Waals surface area (Å²) in [6.07, 6.45) is 5.05. The molecule has 13 heavy (non-hydrogen) atoms. The first-order valence-corrected chi connectivity index (χ1v) is 4.33. The van der Waals surface area contributed by atoms with Crippen molar-refractivity contribution in [3.8, 4) is 0 Å². The molecule has 72 valence electrons. The first-order chi connectivity index (χ1) is 6.14. The lowest BCUT2D eigenvalue weighted by Crippen LogP contribution is -2.42. The van der Waals surface area contributed by atoms with E-state index in [9.17, 15) is 0 Å². The van der Waals surface area contributed by atoms with Gasteiger partial charge in [-0.25, -0.2) is 4.98 Å². The van der Waals surface area contributed by atoms with Crippen molar-refractivity contribution in [1.29, 1.82) is 0 Å². The maximum absolute atomic E-state index is 4.11. The molecule has 0 spiro atoms. The number of nitrogens with one attached hydrogen (secondary N) is 2. The van der Waals surface area contributed by atoms with Gasteiger partial charge in [0.2, 0.25) is 0 Å². The fourth-order valence-electron chi connectivity index (χ4n) is 0.790. The van der Waals surface area contributed by atoms with E-state index < -0.39 is 0 Å². The molecule has 1 aromatic rings. The van der Waals surface area contributed by atoms with Gasteiger partial charge in [0.05, 0.1) is 6.20 Å². The van der Waals surface area contributed by atoms with Gasteiger partial charge in [0.15, 0.2) is 0 Å². The Hall–Kier alpha value is -1.16. The third-order valence-electron chi connectivity index (χ3n) is 1.95. The number of rotatable bonds is 4. The highest BCUT2D eigenvalue weighted by atomic mass is 15.1. The van der Waals surface area contributed by atoms with Crippen molar-refractivity contribution >= 4 is 5.82 Å². The van der Waals surface area contributed by atoms with Crippen LogP contribution in [0.25, 0.3) is 0 Å². The highest BCUT2D eigenvalue weighted by Gasteiger charge is 2.13. The first kappa shape index (κ1) is 9.92. The molecular weight excluding hydrogens is 164 g/mol. The predicted molar refractivity (Wildman–Crippen MR) is 53.7 cm³/mol. The van der Waals surface area contributed by atoms with Crippen molar-refractivity contribution in [2.24, 2.45) is 0 Å². The monoisotopic (exact) mass is 180 g/mol. The summed E-state index contributed by atoms with van der Waals surface area (Å²) < 4.78 is 0. The zero-order chi connectivity index (χ0) is 9.73. The summed E-state index contributed by atoms with van der Waals surface area (Å²) >= 11 is 0. The molecule has 0 radical (unpaired) electrons. The van der Waals surface area contributed by atoms with Crippen molar-refractivity contribution in [2.75, 3.05) is 18.9 Å². The standard InChI is InChI=1S/C9H16N4/c1-9(2,10-3)7-13-8-6-11-4-5-12-8/h4-6,10H,7H2,1-3H3,(H,12,13). The Morgan fingerprint density at radius 1 is 1.38 bits per heavy atom. The number of nitrogens with zero attached hydrogens (tertiary/aromatic N) is 2. The van der Waals surface area contributed by atoms with Gasteiger partial charge in [-0.3, -0.25) is 4.98 Å². The lowest BCUT2D eigenvalue weighted by atomic mass is 10.1. The van der Waals surface area contributed by atoms with Crippen LogP contribution in [-0.2, 0) is 0 Å². The van der Waals surface area contributed by atoms with E-state index in [0.29, 0.717) is 0 Å². The topological polar surface area (TPSA) is 49.8 Å². The van der Waals surface area contributed by atoms with Gasteiger partial charge in [0.25, 0.3) is 0 Å². The number of hydrogen-bond donors (Lipinski definition) is 2. The fourth-order valence-corrected chi connectivity index (χ4v) is 0.790. The van der Waals surface area contributed by atoms with E-state index in [1.54, 1.807) is 18.6 Å². The number of aromatic nitrogens is 2. The van der Waals surface area contributed by atoms with Crippen LogP contribution in [0, 0.1) is 0 Å². The minimum absolute atomic E-state index is 0.0670. The Kier molecular flexibility index (Phi) is 3.19. The van der Waals surface area contributed by atoms with E-state index in [2.05, 4.69) is 34.4 Å². The van der Waals surface area contributed by atoms with Crippen LogP contribution in [0.3, 0.4) is 0 Å². The van der Waals surface area contributed by atoms with E-state index in [1.165, 1.54) is 0 Å². The molecule has 0 saturated carbocycles. The van der Waals surface area contributed by atoms with Crippen LogP contribution >= 0.6 is 0 Å². The van der Waals surface area contributed by atoms with Gasteiger partial charge in [0, 0.05) is 24.5 Å². The molecule has 0 saturated heterocycles. The Labute approximate surface area is 78.8 Å². The van der Waals surface area contributed by atoms with E-state index in [0.717, 1.165) is 12.4 Å². The highest BCUT2D eigenvalue weighted by molar-refractivity contribution is 5.30. The van der Waals surface area contributed by atoms with Crippen molar-refractivity contribution < 1.29 is 0 Å². The van der Waals surface area contributed by atoms with Crippen molar-refractivity contribution in [2.45, 2.75) is 19.4 Å². The summed E-state index contributed by atoms with van der Waals surface area (Å²) in [4.78, 5) is 8.08. The van der Waals surface area contributed by atoms with Gasteiger partial charge in [-0.1, -0.05) is 0 Å². The lowest BCUT2D eigenvalue weighted by Gasteiger charge is -2.24. The van der Waals surface area contributed by atoms with E-state index in [1.807, 2.05) is 7.05 Å². The van der Waals surface area contributed by atoms with Crippen LogP contribution in [0.5, 0.6) is 0 Å². The molecule has 0 bridgehead atoms. The van der Waals surface area contributed by atoms with Crippen molar-refractivity contribution in [3.05, 3.63) is 18.6 Å². The van der Waals surface area contributed by atoms with E-state index >= 15 is 0 Å². The average Bonchev–Trinajstić information content (AvgIpc) is 2.17. The summed E-state index contributed by atoms with van der Waals surface area (Å²) in [6.45, 7) is 5.06. The van der Waals surface area contributed by atoms with Crippen molar-refractivity contribution in [3.63, 3.8) is 0 Å². The van der Waals surface area contributed by atoms with Gasteiger partial charge < -0.3 is 10.6 Å². The first-order valence-electron chi connectivity index (χ1n) is 4.33. The van der Waals surface area contributed by atoms with Crippen LogP contribution in [0.15, 0.2) is 18.6 Å². The second kappa shape index (κ2) is 4.18. The Balaban J connectivity index is 2.44. The molecule has 0 aliphatic carbocycles. The third kappa shape index (κ3) is 3.38. The van der Waals surface area contributed by atoms with Crippen LogP contribution in [0.1, 0.15) is 13.8 Å². The third-order valence-corrected chi connectivity index (χ3v) is 1.95. The molecule has 0 atom stereocenters. The molecule has 4 heteroatoms. The maximum atomic E-state index is 4.11. The normalized spacial score (nSPS) is 11.3. The molecule has 0 aliphatic heterocycles. The summed E-state index contributed by atoms with van der Waals surface area (Å²) in [5.74, 6) is 0.811. The minimum Gasteiger partial charge on any atom is -0.367 e. The molecule has 0 aliphatic rings. The zero-order valence-electron chi connectivity index (χ0n) is 8.33. The maximum Gasteiger partial charge on any atom is 0.144 e. The van der Waals surface area contributed by atoms with E-state index in [4.69, 9.17) is 0 Å². The molecule has 2 N–H and O–H groups in total. The lowest BCUT2D eigenvalue weighted by molar-refractivity contribution is 0.447. The van der Waals surface area contributed by atoms with Gasteiger partial charge in [-0.15, -0.1) is 0 Å². The summed E-state index contributed by atoms with van der Waals surface area (Å²) in [7, 11) is 1.94. The number of hydrogen-bond acceptors (Lipinski definition) is 4. The van der Waals surface area contributed by atoms with E-state index in [-0.39, 0.29) is 5.54 Å². The van der Waals surface area contributed by atoms with Crippen LogP contribution < -0.4 is 10.6 Å². The molecule has 0 unspecified atom stereocenters. The molecule has 1 heterocycles. The van der Waals surface area contributed by atoms with Gasteiger partial charge in [0.1, 0.15) is 5.82 Å².